The van der Waals surface area contributed by atoms with E-state index >= 15 is 0 Å². The first-order valence-electron chi connectivity index (χ1n) is 10.1. The van der Waals surface area contributed by atoms with E-state index < -0.39 is 23.9 Å². The lowest BCUT2D eigenvalue weighted by Gasteiger charge is -2.23. The second-order valence-corrected chi connectivity index (χ2v) is 7.42. The van der Waals surface area contributed by atoms with Crippen LogP contribution in [0.1, 0.15) is 35.7 Å². The number of aliphatic carboxylic acids is 1. The predicted molar refractivity (Wildman–Crippen MR) is 121 cm³/mol. The minimum Gasteiger partial charge on any atom is -0.493 e. The number of anilines is 1. The highest BCUT2D eigenvalue weighted by Gasteiger charge is 2.49. The van der Waals surface area contributed by atoms with Gasteiger partial charge in [-0.3, -0.25) is 14.4 Å². The summed E-state index contributed by atoms with van der Waals surface area (Å²) in [6.45, 7) is 5.35. The number of carboxylic acids is 1. The van der Waals surface area contributed by atoms with Crippen molar-refractivity contribution < 1.29 is 33.8 Å². The average molecular weight is 452 g/mol. The molecule has 0 bridgehead atoms. The largest absolute Gasteiger partial charge is 0.493 e. The van der Waals surface area contributed by atoms with Crippen molar-refractivity contribution in [1.29, 1.82) is 0 Å². The molecule has 1 atom stereocenters. The number of Topliss-reactive ketones (excluding diaryl/α,β-unsaturated/α-hetero) is 1. The van der Waals surface area contributed by atoms with Crippen LogP contribution < -0.4 is 14.8 Å². The van der Waals surface area contributed by atoms with E-state index in [1.54, 1.807) is 48.5 Å². The van der Waals surface area contributed by atoms with E-state index in [1.807, 2.05) is 0 Å². The number of rotatable bonds is 10. The van der Waals surface area contributed by atoms with Gasteiger partial charge in [0.2, 0.25) is 5.60 Å². The Morgan fingerprint density at radius 2 is 1.94 bits per heavy atom. The summed E-state index contributed by atoms with van der Waals surface area (Å²) in [5, 5.41) is 16.1. The van der Waals surface area contributed by atoms with Gasteiger partial charge in [-0.25, -0.2) is 0 Å². The van der Waals surface area contributed by atoms with Crippen LogP contribution in [-0.2, 0) is 14.4 Å². The summed E-state index contributed by atoms with van der Waals surface area (Å²) in [4.78, 5) is 41.5. The van der Waals surface area contributed by atoms with E-state index in [4.69, 9.17) is 14.3 Å². The molecule has 0 aromatic heterocycles. The van der Waals surface area contributed by atoms with Crippen LogP contribution in [0.3, 0.4) is 0 Å². The van der Waals surface area contributed by atoms with Crippen molar-refractivity contribution in [3.8, 4) is 11.5 Å². The Balaban J connectivity index is 1.81. The number of nitrogens with zero attached hydrogens (tertiary/aromatic N) is 1. The first kappa shape index (κ1) is 23.5. The highest BCUT2D eigenvalue weighted by atomic mass is 16.7. The van der Waals surface area contributed by atoms with Gasteiger partial charge in [0.15, 0.2) is 17.3 Å². The Bertz CT molecular complexity index is 1110. The molecule has 0 fully saturated rings. The summed E-state index contributed by atoms with van der Waals surface area (Å²) < 4.78 is 10.9. The molecule has 9 nitrogen and oxygen atoms in total. The smallest absolute Gasteiger partial charge is 0.308 e. The third-order valence-corrected chi connectivity index (χ3v) is 5.04. The first-order valence-corrected chi connectivity index (χ1v) is 10.1. The number of carbonyl (C=O) groups is 3. The van der Waals surface area contributed by atoms with Crippen molar-refractivity contribution >= 4 is 29.1 Å². The van der Waals surface area contributed by atoms with Crippen LogP contribution in [0.4, 0.5) is 5.69 Å². The maximum absolute atomic E-state index is 13.1. The standard InChI is InChI=1S/C24H24N2O7/c1-4-11-32-20-10-7-17(12-21(20)31-3)19-13-24(33-26-19,14-22(28)29)23(30)25-18-8-5-16(6-9-18)15(2)27/h4-10,12H,1,11,13-14H2,2-3H3,(H,25,30)(H,28,29)/t24-/m1/s1. The fourth-order valence-corrected chi connectivity index (χ4v) is 3.32. The molecule has 2 aromatic rings. The topological polar surface area (TPSA) is 124 Å². The number of hydrogen-bond acceptors (Lipinski definition) is 7. The molecular weight excluding hydrogens is 428 g/mol. The van der Waals surface area contributed by atoms with Crippen molar-refractivity contribution in [2.24, 2.45) is 5.16 Å². The summed E-state index contributed by atoms with van der Waals surface area (Å²) in [6, 6.07) is 11.4. The zero-order valence-corrected chi connectivity index (χ0v) is 18.3. The molecule has 172 valence electrons. The number of amides is 1. The minimum absolute atomic E-state index is 0.0628. The van der Waals surface area contributed by atoms with Gasteiger partial charge < -0.3 is 24.7 Å². The second kappa shape index (κ2) is 9.99. The summed E-state index contributed by atoms with van der Waals surface area (Å²) in [5.74, 6) is -1.02. The summed E-state index contributed by atoms with van der Waals surface area (Å²) in [6.07, 6.45) is 0.955. The molecule has 0 saturated carbocycles. The Morgan fingerprint density at radius 1 is 1.21 bits per heavy atom. The molecule has 0 aliphatic carbocycles. The van der Waals surface area contributed by atoms with Crippen molar-refractivity contribution in [2.75, 3.05) is 19.0 Å². The van der Waals surface area contributed by atoms with E-state index in [9.17, 15) is 19.5 Å². The van der Waals surface area contributed by atoms with Crippen LogP contribution in [0.2, 0.25) is 0 Å². The van der Waals surface area contributed by atoms with Crippen LogP contribution in [-0.4, -0.2) is 47.8 Å². The molecule has 1 aliphatic heterocycles. The monoisotopic (exact) mass is 452 g/mol. The number of carboxylic acid groups (broad SMARTS) is 1. The number of oxime groups is 1. The molecule has 1 aliphatic rings. The van der Waals surface area contributed by atoms with Gasteiger partial charge >= 0.3 is 5.97 Å². The molecule has 3 rings (SSSR count). The Kier molecular flexibility index (Phi) is 7.12. The average Bonchev–Trinajstić information content (AvgIpc) is 3.22. The number of benzene rings is 2. The van der Waals surface area contributed by atoms with Crippen molar-refractivity contribution in [3.63, 3.8) is 0 Å². The van der Waals surface area contributed by atoms with Gasteiger partial charge in [0.25, 0.3) is 5.91 Å². The molecule has 0 spiro atoms. The lowest BCUT2D eigenvalue weighted by atomic mass is 9.90. The number of ketones is 1. The third kappa shape index (κ3) is 5.38. The number of hydrogen-bond donors (Lipinski definition) is 2. The SMILES string of the molecule is C=CCOc1ccc(C2=NO[C@](CC(=O)O)(C(=O)Nc3ccc(C(C)=O)cc3)C2)cc1OC. The van der Waals surface area contributed by atoms with Gasteiger partial charge in [-0.2, -0.15) is 0 Å². The first-order chi connectivity index (χ1) is 15.8. The third-order valence-electron chi connectivity index (χ3n) is 5.04. The Hall–Kier alpha value is -4.14. The van der Waals surface area contributed by atoms with E-state index in [0.29, 0.717) is 40.6 Å². The minimum atomic E-state index is -1.73. The molecule has 0 saturated heterocycles. The number of methoxy groups -OCH3 is 1. The van der Waals surface area contributed by atoms with Gasteiger partial charge in [-0.1, -0.05) is 17.8 Å². The summed E-state index contributed by atoms with van der Waals surface area (Å²) in [7, 11) is 1.49. The van der Waals surface area contributed by atoms with Gasteiger partial charge in [0, 0.05) is 23.2 Å². The van der Waals surface area contributed by atoms with Crippen molar-refractivity contribution in [1.82, 2.24) is 0 Å². The molecule has 33 heavy (non-hydrogen) atoms. The van der Waals surface area contributed by atoms with Crippen LogP contribution in [0.15, 0.2) is 60.3 Å². The fourth-order valence-electron chi connectivity index (χ4n) is 3.32. The van der Waals surface area contributed by atoms with Crippen LogP contribution >= 0.6 is 0 Å². The molecule has 1 heterocycles. The highest BCUT2D eigenvalue weighted by molar-refractivity contribution is 6.09. The van der Waals surface area contributed by atoms with Crippen molar-refractivity contribution in [3.05, 3.63) is 66.2 Å². The van der Waals surface area contributed by atoms with Gasteiger partial charge in [-0.05, 0) is 49.4 Å². The van der Waals surface area contributed by atoms with Crippen LogP contribution in [0.25, 0.3) is 0 Å². The molecular formula is C24H24N2O7. The molecule has 0 radical (unpaired) electrons. The fraction of sp³-hybridized carbons (Fsp3) is 0.250. The lowest BCUT2D eigenvalue weighted by molar-refractivity contribution is -0.152. The normalized spacial score (nSPS) is 16.8. The number of nitrogens with one attached hydrogen (secondary N) is 1. The Morgan fingerprint density at radius 3 is 2.55 bits per heavy atom. The summed E-state index contributed by atoms with van der Waals surface area (Å²) in [5.41, 5.74) is 0.157. The summed E-state index contributed by atoms with van der Waals surface area (Å²) >= 11 is 0. The van der Waals surface area contributed by atoms with E-state index in [1.165, 1.54) is 14.0 Å². The van der Waals surface area contributed by atoms with E-state index in [-0.39, 0.29) is 12.2 Å². The predicted octanol–water partition coefficient (Wildman–Crippen LogP) is 3.44. The molecule has 2 aromatic carbocycles. The number of carbonyl (C=O) groups excluding carboxylic acids is 2. The molecule has 0 unspecified atom stereocenters. The maximum Gasteiger partial charge on any atom is 0.308 e. The molecule has 9 heteroatoms. The lowest BCUT2D eigenvalue weighted by Crippen LogP contribution is -2.45. The van der Waals surface area contributed by atoms with Crippen molar-refractivity contribution in [2.45, 2.75) is 25.4 Å². The maximum atomic E-state index is 13.1. The van der Waals surface area contributed by atoms with Gasteiger partial charge in [0.05, 0.1) is 19.2 Å². The molecule has 2 N–H and O–H groups in total. The van der Waals surface area contributed by atoms with Crippen LogP contribution in [0, 0.1) is 0 Å². The van der Waals surface area contributed by atoms with Gasteiger partial charge in [-0.15, -0.1) is 0 Å². The quantitative estimate of drug-likeness (QED) is 0.418. The Labute approximate surface area is 190 Å². The van der Waals surface area contributed by atoms with E-state index in [2.05, 4.69) is 17.1 Å². The van der Waals surface area contributed by atoms with Crippen LogP contribution in [0.5, 0.6) is 11.5 Å². The van der Waals surface area contributed by atoms with E-state index in [0.717, 1.165) is 0 Å². The highest BCUT2D eigenvalue weighted by Crippen LogP contribution is 2.35. The second-order valence-electron chi connectivity index (χ2n) is 7.42. The molecule has 1 amide bonds. The zero-order valence-electron chi connectivity index (χ0n) is 18.3. The zero-order chi connectivity index (χ0) is 24.0. The van der Waals surface area contributed by atoms with Gasteiger partial charge in [0.1, 0.15) is 6.61 Å². The number of ether oxygens (including phenoxy) is 2.